The van der Waals surface area contributed by atoms with Crippen LogP contribution in [0.5, 0.6) is 0 Å². The Morgan fingerprint density at radius 1 is 1.03 bits per heavy atom. The van der Waals surface area contributed by atoms with Crippen LogP contribution in [0.2, 0.25) is 5.02 Å². The van der Waals surface area contributed by atoms with Crippen LogP contribution < -0.4 is 10.2 Å². The number of furan rings is 1. The van der Waals surface area contributed by atoms with Gasteiger partial charge in [0.2, 0.25) is 0 Å². The number of aryl methyl sites for hydroxylation is 2. The Morgan fingerprint density at radius 3 is 2.39 bits per heavy atom. The van der Waals surface area contributed by atoms with Gasteiger partial charge in [-0.25, -0.2) is 0 Å². The topological polar surface area (TPSA) is 62.6 Å². The number of benzene rings is 2. The zero-order chi connectivity index (χ0) is 22.1. The zero-order valence-electron chi connectivity index (χ0n) is 16.6. The molecule has 2 heterocycles. The lowest BCUT2D eigenvalue weighted by Gasteiger charge is -2.29. The van der Waals surface area contributed by atoms with Gasteiger partial charge in [0.05, 0.1) is 5.69 Å². The van der Waals surface area contributed by atoms with Crippen LogP contribution in [0.15, 0.2) is 74.6 Å². The lowest BCUT2D eigenvalue weighted by atomic mass is 10.1. The number of anilines is 1. The first-order chi connectivity index (χ1) is 14.8. The monoisotopic (exact) mass is 468 g/mol. The van der Waals surface area contributed by atoms with Crippen molar-refractivity contribution in [2.75, 3.05) is 4.90 Å². The fraction of sp³-hybridized carbons (Fsp3) is 0.0870. The summed E-state index contributed by atoms with van der Waals surface area (Å²) in [5, 5.41) is 3.92. The van der Waals surface area contributed by atoms with E-state index in [1.807, 2.05) is 44.2 Å². The molecule has 0 spiro atoms. The summed E-state index contributed by atoms with van der Waals surface area (Å²) in [7, 11) is 0. The molecule has 4 rings (SSSR count). The standard InChI is InChI=1S/C23H17ClN2O3S2/c1-13-9-14(2)11-16(10-13)26-22(28)19(21(27)25-23(26)30)12-17-5-8-20(29-17)31-18-6-3-15(24)4-7-18/h3-12H,1-2H3,(H,25,27,30)/b19-12+. The van der Waals surface area contributed by atoms with E-state index in [-0.39, 0.29) is 10.7 Å². The van der Waals surface area contributed by atoms with E-state index in [1.54, 1.807) is 24.3 Å². The molecule has 1 saturated heterocycles. The van der Waals surface area contributed by atoms with Crippen molar-refractivity contribution in [3.8, 4) is 0 Å². The molecule has 0 saturated carbocycles. The van der Waals surface area contributed by atoms with E-state index in [9.17, 15) is 9.59 Å². The highest BCUT2D eigenvalue weighted by molar-refractivity contribution is 7.99. The van der Waals surface area contributed by atoms with Gasteiger partial charge >= 0.3 is 0 Å². The minimum absolute atomic E-state index is 0.0508. The number of hydrogen-bond donors (Lipinski definition) is 1. The van der Waals surface area contributed by atoms with Gasteiger partial charge in [-0.05, 0) is 91.8 Å². The zero-order valence-corrected chi connectivity index (χ0v) is 19.0. The second kappa shape index (κ2) is 8.70. The van der Waals surface area contributed by atoms with Gasteiger partial charge in [-0.3, -0.25) is 19.8 Å². The van der Waals surface area contributed by atoms with Crippen LogP contribution in [0.1, 0.15) is 16.9 Å². The Hall–Kier alpha value is -2.87. The molecule has 1 aliphatic heterocycles. The molecule has 3 aromatic rings. The molecule has 0 unspecified atom stereocenters. The van der Waals surface area contributed by atoms with Crippen molar-refractivity contribution in [1.82, 2.24) is 5.32 Å². The molecule has 31 heavy (non-hydrogen) atoms. The van der Waals surface area contributed by atoms with Crippen LogP contribution in [-0.4, -0.2) is 16.9 Å². The highest BCUT2D eigenvalue weighted by atomic mass is 35.5. The lowest BCUT2D eigenvalue weighted by Crippen LogP contribution is -2.54. The molecule has 8 heteroatoms. The van der Waals surface area contributed by atoms with Gasteiger partial charge in [0.15, 0.2) is 10.2 Å². The highest BCUT2D eigenvalue weighted by Crippen LogP contribution is 2.31. The minimum Gasteiger partial charge on any atom is -0.450 e. The van der Waals surface area contributed by atoms with Crippen LogP contribution in [0, 0.1) is 13.8 Å². The summed E-state index contributed by atoms with van der Waals surface area (Å²) >= 11 is 12.6. The van der Waals surface area contributed by atoms with Gasteiger partial charge in [0.25, 0.3) is 11.8 Å². The van der Waals surface area contributed by atoms with E-state index in [0.717, 1.165) is 16.0 Å². The number of carbonyl (C=O) groups is 2. The molecule has 0 atom stereocenters. The predicted molar refractivity (Wildman–Crippen MR) is 126 cm³/mol. The quantitative estimate of drug-likeness (QED) is 0.310. The number of amides is 2. The fourth-order valence-corrected chi connectivity index (χ4v) is 4.38. The summed E-state index contributed by atoms with van der Waals surface area (Å²) in [6.07, 6.45) is 1.43. The molecule has 1 N–H and O–H groups in total. The van der Waals surface area contributed by atoms with Crippen molar-refractivity contribution in [2.45, 2.75) is 23.8 Å². The van der Waals surface area contributed by atoms with Crippen molar-refractivity contribution in [2.24, 2.45) is 0 Å². The van der Waals surface area contributed by atoms with Crippen molar-refractivity contribution in [3.05, 3.63) is 82.1 Å². The van der Waals surface area contributed by atoms with Crippen LogP contribution in [-0.2, 0) is 9.59 Å². The molecule has 0 aliphatic carbocycles. The normalized spacial score (nSPS) is 15.5. The second-order valence-electron chi connectivity index (χ2n) is 7.02. The molecule has 1 aromatic heterocycles. The molecule has 1 aliphatic rings. The first-order valence-electron chi connectivity index (χ1n) is 9.33. The van der Waals surface area contributed by atoms with Crippen molar-refractivity contribution in [3.63, 3.8) is 0 Å². The van der Waals surface area contributed by atoms with Gasteiger partial charge in [-0.15, -0.1) is 0 Å². The van der Waals surface area contributed by atoms with Crippen LogP contribution in [0.3, 0.4) is 0 Å². The Morgan fingerprint density at radius 2 is 1.71 bits per heavy atom. The second-order valence-corrected chi connectivity index (χ2v) is 8.92. The van der Waals surface area contributed by atoms with E-state index in [0.29, 0.717) is 21.6 Å². The van der Waals surface area contributed by atoms with Crippen LogP contribution >= 0.6 is 35.6 Å². The summed E-state index contributed by atoms with van der Waals surface area (Å²) in [6.45, 7) is 3.87. The van der Waals surface area contributed by atoms with Crippen LogP contribution in [0.4, 0.5) is 5.69 Å². The smallest absolute Gasteiger partial charge is 0.270 e. The first kappa shape index (κ1) is 21.4. The first-order valence-corrected chi connectivity index (χ1v) is 10.9. The van der Waals surface area contributed by atoms with Crippen LogP contribution in [0.25, 0.3) is 6.08 Å². The van der Waals surface area contributed by atoms with E-state index < -0.39 is 11.8 Å². The third-order valence-corrected chi connectivity index (χ3v) is 5.95. The maximum absolute atomic E-state index is 13.2. The third kappa shape index (κ3) is 4.74. The third-order valence-electron chi connectivity index (χ3n) is 4.49. The Bertz CT molecular complexity index is 1210. The van der Waals surface area contributed by atoms with Gasteiger partial charge in [0, 0.05) is 9.92 Å². The molecule has 0 bridgehead atoms. The van der Waals surface area contributed by atoms with Crippen molar-refractivity contribution in [1.29, 1.82) is 0 Å². The Balaban J connectivity index is 1.61. The lowest BCUT2D eigenvalue weighted by molar-refractivity contribution is -0.122. The van der Waals surface area contributed by atoms with E-state index >= 15 is 0 Å². The fourth-order valence-electron chi connectivity index (χ4n) is 3.20. The average Bonchev–Trinajstić information content (AvgIpc) is 3.13. The number of nitrogens with zero attached hydrogens (tertiary/aromatic N) is 1. The maximum Gasteiger partial charge on any atom is 0.270 e. The molecule has 1 fully saturated rings. The molecule has 2 aromatic carbocycles. The highest BCUT2D eigenvalue weighted by Gasteiger charge is 2.34. The van der Waals surface area contributed by atoms with Gasteiger partial charge in [-0.1, -0.05) is 29.4 Å². The summed E-state index contributed by atoms with van der Waals surface area (Å²) in [5.74, 6) is -0.663. The average molecular weight is 469 g/mol. The van der Waals surface area contributed by atoms with Crippen molar-refractivity contribution < 1.29 is 14.0 Å². The minimum atomic E-state index is -0.557. The van der Waals surface area contributed by atoms with Gasteiger partial charge < -0.3 is 4.42 Å². The summed E-state index contributed by atoms with van der Waals surface area (Å²) in [5.41, 5.74) is 2.54. The summed E-state index contributed by atoms with van der Waals surface area (Å²) in [4.78, 5) is 27.9. The van der Waals surface area contributed by atoms with E-state index in [1.165, 1.54) is 22.7 Å². The Kier molecular flexibility index (Phi) is 6.00. The number of carbonyl (C=O) groups excluding carboxylic acids is 2. The molecule has 2 amide bonds. The SMILES string of the molecule is Cc1cc(C)cc(N2C(=O)/C(=C/c3ccc(Sc4ccc(Cl)cc4)o3)C(=O)NC2=S)c1. The number of rotatable bonds is 4. The molecular weight excluding hydrogens is 452 g/mol. The number of thiocarbonyl (C=S) groups is 1. The molecule has 5 nitrogen and oxygen atoms in total. The predicted octanol–water partition coefficient (Wildman–Crippen LogP) is 5.53. The molecule has 0 radical (unpaired) electrons. The summed E-state index contributed by atoms with van der Waals surface area (Å²) in [6, 6.07) is 16.5. The van der Waals surface area contributed by atoms with E-state index in [2.05, 4.69) is 5.32 Å². The van der Waals surface area contributed by atoms with Gasteiger partial charge in [-0.2, -0.15) is 0 Å². The van der Waals surface area contributed by atoms with Crippen molar-refractivity contribution >= 4 is 64.3 Å². The van der Waals surface area contributed by atoms with Gasteiger partial charge in [0.1, 0.15) is 11.3 Å². The number of hydrogen-bond acceptors (Lipinski definition) is 5. The Labute approximate surface area is 194 Å². The number of halogens is 1. The maximum atomic E-state index is 13.2. The number of nitrogens with one attached hydrogen (secondary N) is 1. The van der Waals surface area contributed by atoms with E-state index in [4.69, 9.17) is 28.2 Å². The molecular formula is C23H17ClN2O3S2. The largest absolute Gasteiger partial charge is 0.450 e. The summed E-state index contributed by atoms with van der Waals surface area (Å²) < 4.78 is 5.79. The molecule has 156 valence electrons.